The molecule has 0 heterocycles. The van der Waals surface area contributed by atoms with E-state index in [1.54, 1.807) is 0 Å². The van der Waals surface area contributed by atoms with Crippen LogP contribution in [0.4, 0.5) is 0 Å². The van der Waals surface area contributed by atoms with E-state index in [1.165, 1.54) is 0 Å². The van der Waals surface area contributed by atoms with Crippen LogP contribution in [0.1, 0.15) is 13.8 Å². The predicted molar refractivity (Wildman–Crippen MR) is 50.5 cm³/mol. The molecule has 0 nitrogen and oxygen atoms in total. The lowest BCUT2D eigenvalue weighted by Gasteiger charge is -2.16. The fourth-order valence-electron chi connectivity index (χ4n) is 0.468. The molecule has 0 saturated carbocycles. The Balaban J connectivity index is 3.71. The Kier molecular flexibility index (Phi) is 4.86. The first-order valence-electron chi connectivity index (χ1n) is 3.00. The van der Waals surface area contributed by atoms with Gasteiger partial charge in [0.1, 0.15) is 0 Å². The summed E-state index contributed by atoms with van der Waals surface area (Å²) < 4.78 is 0. The van der Waals surface area contributed by atoms with Gasteiger partial charge in [-0.2, -0.15) is 0 Å². The minimum atomic E-state index is 0.423. The molecule has 0 spiro atoms. The van der Waals surface area contributed by atoms with Gasteiger partial charge in [-0.15, -0.1) is 6.58 Å². The minimum absolute atomic E-state index is 0.423. The highest BCUT2D eigenvalue weighted by atomic mass is 79.9. The van der Waals surface area contributed by atoms with E-state index in [2.05, 4.69) is 52.3 Å². The zero-order chi connectivity index (χ0) is 7.44. The summed E-state index contributed by atoms with van der Waals surface area (Å²) in [6.07, 6.45) is 1.92. The zero-order valence-corrected chi connectivity index (χ0v) is 8.94. The predicted octanol–water partition coefficient (Wildman–Crippen LogP) is 3.36. The number of rotatable bonds is 3. The van der Waals surface area contributed by atoms with Crippen molar-refractivity contribution in [2.75, 3.05) is 0 Å². The average molecular weight is 256 g/mol. The molecule has 0 aliphatic rings. The summed E-state index contributed by atoms with van der Waals surface area (Å²) in [7, 11) is 0. The first-order chi connectivity index (χ1) is 4.09. The van der Waals surface area contributed by atoms with Gasteiger partial charge in [0.05, 0.1) is 0 Å². The molecule has 0 aliphatic heterocycles. The van der Waals surface area contributed by atoms with Crippen LogP contribution in [0.25, 0.3) is 0 Å². The van der Waals surface area contributed by atoms with Gasteiger partial charge in [0.2, 0.25) is 0 Å². The van der Waals surface area contributed by atoms with Crippen LogP contribution in [0.2, 0.25) is 0 Å². The molecule has 0 aliphatic carbocycles. The van der Waals surface area contributed by atoms with Gasteiger partial charge in [0, 0.05) is 9.65 Å². The molecule has 0 aromatic heterocycles. The Hall–Kier alpha value is 0.700. The summed E-state index contributed by atoms with van der Waals surface area (Å²) in [6, 6.07) is 0. The number of hydrogen-bond donors (Lipinski definition) is 0. The van der Waals surface area contributed by atoms with Crippen molar-refractivity contribution in [1.29, 1.82) is 0 Å². The summed E-state index contributed by atoms with van der Waals surface area (Å²) >= 11 is 7.00. The van der Waals surface area contributed by atoms with Crippen molar-refractivity contribution in [1.82, 2.24) is 0 Å². The molecule has 1 unspecified atom stereocenters. The van der Waals surface area contributed by atoms with Gasteiger partial charge in [-0.05, 0) is 5.92 Å². The monoisotopic (exact) mass is 254 g/mol. The van der Waals surface area contributed by atoms with Gasteiger partial charge in [-0.25, -0.2) is 0 Å². The summed E-state index contributed by atoms with van der Waals surface area (Å²) in [5, 5.41) is 0. The second-order valence-electron chi connectivity index (χ2n) is 2.22. The van der Waals surface area contributed by atoms with Crippen molar-refractivity contribution >= 4 is 31.9 Å². The summed E-state index contributed by atoms with van der Waals surface area (Å²) in [4.78, 5) is 0.965. The third-order valence-electron chi connectivity index (χ3n) is 1.45. The molecule has 0 radical (unpaired) electrons. The van der Waals surface area contributed by atoms with Crippen LogP contribution in [-0.4, -0.2) is 9.65 Å². The maximum Gasteiger partial charge on any atom is 0.0358 e. The van der Waals surface area contributed by atoms with E-state index in [4.69, 9.17) is 0 Å². The van der Waals surface area contributed by atoms with Gasteiger partial charge in [-0.1, -0.05) is 51.8 Å². The van der Waals surface area contributed by atoms with E-state index in [9.17, 15) is 0 Å². The van der Waals surface area contributed by atoms with E-state index >= 15 is 0 Å². The Morgan fingerprint density at radius 3 is 1.89 bits per heavy atom. The van der Waals surface area contributed by atoms with Crippen LogP contribution in [-0.2, 0) is 0 Å². The van der Waals surface area contributed by atoms with Crippen LogP contribution < -0.4 is 0 Å². The molecular formula is C7H12Br2. The number of alkyl halides is 2. The van der Waals surface area contributed by atoms with Crippen molar-refractivity contribution in [2.45, 2.75) is 23.5 Å². The molecule has 2 heteroatoms. The molecule has 54 valence electrons. The smallest absolute Gasteiger partial charge is 0.0358 e. The van der Waals surface area contributed by atoms with Crippen LogP contribution in [0.5, 0.6) is 0 Å². The van der Waals surface area contributed by atoms with E-state index in [0.717, 1.165) is 0 Å². The molecular weight excluding hydrogens is 244 g/mol. The van der Waals surface area contributed by atoms with Crippen LogP contribution in [0, 0.1) is 5.92 Å². The maximum atomic E-state index is 3.70. The number of halogens is 2. The van der Waals surface area contributed by atoms with E-state index in [0.29, 0.717) is 15.6 Å². The molecule has 0 fully saturated rings. The average Bonchev–Trinajstić information content (AvgIpc) is 1.84. The summed E-state index contributed by atoms with van der Waals surface area (Å²) in [6.45, 7) is 8.02. The highest BCUT2D eigenvalue weighted by molar-refractivity contribution is 9.10. The molecule has 3 atom stereocenters. The molecule has 0 amide bonds. The number of allylic oxidation sites excluding steroid dienone is 1. The van der Waals surface area contributed by atoms with Crippen molar-refractivity contribution in [3.8, 4) is 0 Å². The van der Waals surface area contributed by atoms with Gasteiger partial charge >= 0.3 is 0 Å². The SMILES string of the molecule is C=CC(Br)[C@H](C)[C@H](C)Br. The van der Waals surface area contributed by atoms with Crippen molar-refractivity contribution in [3.63, 3.8) is 0 Å². The van der Waals surface area contributed by atoms with E-state index in [1.807, 2.05) is 6.08 Å². The van der Waals surface area contributed by atoms with Crippen LogP contribution in [0.3, 0.4) is 0 Å². The normalized spacial score (nSPS) is 20.4. The van der Waals surface area contributed by atoms with E-state index < -0.39 is 0 Å². The Bertz CT molecular complexity index is 88.9. The van der Waals surface area contributed by atoms with E-state index in [-0.39, 0.29) is 0 Å². The third-order valence-corrected chi connectivity index (χ3v) is 3.49. The highest BCUT2D eigenvalue weighted by Crippen LogP contribution is 2.21. The van der Waals surface area contributed by atoms with Gasteiger partial charge in [0.15, 0.2) is 0 Å². The maximum absolute atomic E-state index is 3.70. The molecule has 0 rings (SSSR count). The fraction of sp³-hybridized carbons (Fsp3) is 0.714. The molecule has 0 bridgehead atoms. The zero-order valence-electron chi connectivity index (χ0n) is 5.77. The van der Waals surface area contributed by atoms with Crippen molar-refractivity contribution < 1.29 is 0 Å². The third kappa shape index (κ3) is 3.41. The molecule has 0 saturated heterocycles. The van der Waals surface area contributed by atoms with Crippen molar-refractivity contribution in [3.05, 3.63) is 12.7 Å². The number of hydrogen-bond acceptors (Lipinski definition) is 0. The Morgan fingerprint density at radius 2 is 1.78 bits per heavy atom. The Morgan fingerprint density at radius 1 is 1.33 bits per heavy atom. The lowest BCUT2D eigenvalue weighted by Crippen LogP contribution is -2.16. The minimum Gasteiger partial charge on any atom is -0.102 e. The molecule has 9 heavy (non-hydrogen) atoms. The molecule has 0 aromatic rings. The van der Waals surface area contributed by atoms with Crippen LogP contribution >= 0.6 is 31.9 Å². The van der Waals surface area contributed by atoms with Gasteiger partial charge in [0.25, 0.3) is 0 Å². The highest BCUT2D eigenvalue weighted by Gasteiger charge is 2.14. The first-order valence-corrected chi connectivity index (χ1v) is 4.83. The lowest BCUT2D eigenvalue weighted by atomic mass is 10.1. The van der Waals surface area contributed by atoms with Crippen LogP contribution in [0.15, 0.2) is 12.7 Å². The van der Waals surface area contributed by atoms with Gasteiger partial charge in [-0.3, -0.25) is 0 Å². The van der Waals surface area contributed by atoms with Gasteiger partial charge < -0.3 is 0 Å². The Labute approximate surface area is 74.0 Å². The molecule has 0 aromatic carbocycles. The largest absolute Gasteiger partial charge is 0.102 e. The van der Waals surface area contributed by atoms with Crippen molar-refractivity contribution in [2.24, 2.45) is 5.92 Å². The fourth-order valence-corrected chi connectivity index (χ4v) is 1.66. The standard InChI is InChI=1S/C7H12Br2/c1-4-7(9)5(2)6(3)8/h4-7H,1H2,2-3H3/t5-,6+,7?/m1/s1. The summed E-state index contributed by atoms with van der Waals surface area (Å²) in [5.41, 5.74) is 0. The second kappa shape index (κ2) is 4.51. The summed E-state index contributed by atoms with van der Waals surface area (Å²) in [5.74, 6) is 0.600. The first kappa shape index (κ1) is 9.70. The second-order valence-corrected chi connectivity index (χ2v) is 4.72. The molecule has 0 N–H and O–H groups in total. The quantitative estimate of drug-likeness (QED) is 0.536. The topological polar surface area (TPSA) is 0 Å². The lowest BCUT2D eigenvalue weighted by molar-refractivity contribution is 0.613.